The predicted molar refractivity (Wildman–Crippen MR) is 61.4 cm³/mol. The summed E-state index contributed by atoms with van der Waals surface area (Å²) in [4.78, 5) is 15.7. The van der Waals surface area contributed by atoms with Crippen LogP contribution in [0.4, 0.5) is 5.82 Å². The van der Waals surface area contributed by atoms with Gasteiger partial charge in [-0.05, 0) is 18.6 Å². The maximum absolute atomic E-state index is 11.6. The number of hydrogen-bond donors (Lipinski definition) is 2. The van der Waals surface area contributed by atoms with Crippen molar-refractivity contribution in [3.8, 4) is 0 Å². The molecule has 0 fully saturated rings. The molecule has 0 spiro atoms. The molecule has 0 saturated carbocycles. The standard InChI is InChI=1S/C10H14ClN3O/c1-3-6-13-10(15)9-7(11)4-5-8(12-2)14-9/h4-5H,3,6H2,1-2H3,(H,12,14)(H,13,15). The van der Waals surface area contributed by atoms with Crippen LogP contribution in [0.2, 0.25) is 5.02 Å². The molecule has 1 amide bonds. The van der Waals surface area contributed by atoms with Gasteiger partial charge < -0.3 is 10.6 Å². The molecular formula is C10H14ClN3O. The molecule has 0 radical (unpaired) electrons. The maximum Gasteiger partial charge on any atom is 0.271 e. The molecule has 1 aromatic heterocycles. The SMILES string of the molecule is CCCNC(=O)c1nc(NC)ccc1Cl. The molecule has 15 heavy (non-hydrogen) atoms. The van der Waals surface area contributed by atoms with Gasteiger partial charge in [-0.3, -0.25) is 4.79 Å². The Balaban J connectivity index is 2.86. The number of carbonyl (C=O) groups is 1. The highest BCUT2D eigenvalue weighted by Gasteiger charge is 2.11. The number of pyridine rings is 1. The van der Waals surface area contributed by atoms with Crippen molar-refractivity contribution >= 4 is 23.3 Å². The van der Waals surface area contributed by atoms with Crippen LogP contribution in [0.5, 0.6) is 0 Å². The van der Waals surface area contributed by atoms with E-state index in [0.29, 0.717) is 17.4 Å². The highest BCUT2D eigenvalue weighted by molar-refractivity contribution is 6.33. The van der Waals surface area contributed by atoms with Crippen LogP contribution in [0.1, 0.15) is 23.8 Å². The second kappa shape index (κ2) is 5.56. The van der Waals surface area contributed by atoms with Gasteiger partial charge in [-0.2, -0.15) is 0 Å². The van der Waals surface area contributed by atoms with Crippen LogP contribution in [-0.2, 0) is 0 Å². The number of rotatable bonds is 4. The number of amides is 1. The molecule has 0 aromatic carbocycles. The van der Waals surface area contributed by atoms with E-state index in [1.165, 1.54) is 0 Å². The number of nitrogens with zero attached hydrogens (tertiary/aromatic N) is 1. The second-order valence-electron chi connectivity index (χ2n) is 3.03. The van der Waals surface area contributed by atoms with Gasteiger partial charge in [0.25, 0.3) is 5.91 Å². The number of nitrogens with one attached hydrogen (secondary N) is 2. The first kappa shape index (κ1) is 11.8. The fourth-order valence-electron chi connectivity index (χ4n) is 1.06. The van der Waals surface area contributed by atoms with E-state index < -0.39 is 0 Å². The normalized spacial score (nSPS) is 9.80. The smallest absolute Gasteiger partial charge is 0.271 e. The molecule has 5 heteroatoms. The molecule has 0 unspecified atom stereocenters. The van der Waals surface area contributed by atoms with Gasteiger partial charge >= 0.3 is 0 Å². The fraction of sp³-hybridized carbons (Fsp3) is 0.400. The van der Waals surface area contributed by atoms with Crippen molar-refractivity contribution in [2.24, 2.45) is 0 Å². The quantitative estimate of drug-likeness (QED) is 0.826. The monoisotopic (exact) mass is 227 g/mol. The van der Waals surface area contributed by atoms with Gasteiger partial charge in [0.15, 0.2) is 0 Å². The van der Waals surface area contributed by atoms with E-state index in [9.17, 15) is 4.79 Å². The van der Waals surface area contributed by atoms with E-state index in [1.807, 2.05) is 6.92 Å². The first-order valence-electron chi connectivity index (χ1n) is 4.81. The van der Waals surface area contributed by atoms with Gasteiger partial charge in [0.05, 0.1) is 5.02 Å². The van der Waals surface area contributed by atoms with Crippen LogP contribution in [0.25, 0.3) is 0 Å². The molecule has 1 rings (SSSR count). The number of halogens is 1. The lowest BCUT2D eigenvalue weighted by atomic mass is 10.3. The summed E-state index contributed by atoms with van der Waals surface area (Å²) < 4.78 is 0. The molecule has 0 aliphatic heterocycles. The van der Waals surface area contributed by atoms with Crippen LogP contribution < -0.4 is 10.6 Å². The Morgan fingerprint density at radius 2 is 2.27 bits per heavy atom. The summed E-state index contributed by atoms with van der Waals surface area (Å²) in [5.41, 5.74) is 0.261. The molecule has 0 aliphatic carbocycles. The van der Waals surface area contributed by atoms with Crippen molar-refractivity contribution in [2.75, 3.05) is 18.9 Å². The molecule has 82 valence electrons. The molecule has 2 N–H and O–H groups in total. The summed E-state index contributed by atoms with van der Waals surface area (Å²) in [6.45, 7) is 2.61. The number of carbonyl (C=O) groups excluding carboxylic acids is 1. The average molecular weight is 228 g/mol. The van der Waals surface area contributed by atoms with E-state index in [1.54, 1.807) is 19.2 Å². The third-order valence-corrected chi connectivity index (χ3v) is 2.16. The average Bonchev–Trinajstić information content (AvgIpc) is 2.26. The van der Waals surface area contributed by atoms with E-state index >= 15 is 0 Å². The zero-order valence-electron chi connectivity index (χ0n) is 8.80. The van der Waals surface area contributed by atoms with Gasteiger partial charge in [0.1, 0.15) is 11.5 Å². The van der Waals surface area contributed by atoms with E-state index in [4.69, 9.17) is 11.6 Å². The second-order valence-corrected chi connectivity index (χ2v) is 3.44. The first-order valence-corrected chi connectivity index (χ1v) is 5.19. The van der Waals surface area contributed by atoms with Crippen molar-refractivity contribution in [1.82, 2.24) is 10.3 Å². The topological polar surface area (TPSA) is 54.0 Å². The van der Waals surface area contributed by atoms with Crippen LogP contribution in [-0.4, -0.2) is 24.5 Å². The van der Waals surface area contributed by atoms with Crippen LogP contribution >= 0.6 is 11.6 Å². The maximum atomic E-state index is 11.6. The Morgan fingerprint density at radius 3 is 2.87 bits per heavy atom. The molecule has 1 aromatic rings. The minimum Gasteiger partial charge on any atom is -0.373 e. The van der Waals surface area contributed by atoms with Crippen LogP contribution in [0, 0.1) is 0 Å². The molecular weight excluding hydrogens is 214 g/mol. The minimum atomic E-state index is -0.237. The van der Waals surface area contributed by atoms with Crippen molar-refractivity contribution < 1.29 is 4.79 Å². The number of hydrogen-bond acceptors (Lipinski definition) is 3. The summed E-state index contributed by atoms with van der Waals surface area (Å²) in [7, 11) is 1.74. The van der Waals surface area contributed by atoms with Gasteiger partial charge in [0, 0.05) is 13.6 Å². The molecule has 4 nitrogen and oxygen atoms in total. The van der Waals surface area contributed by atoms with E-state index in [-0.39, 0.29) is 11.6 Å². The minimum absolute atomic E-state index is 0.237. The van der Waals surface area contributed by atoms with Crippen molar-refractivity contribution in [2.45, 2.75) is 13.3 Å². The Hall–Kier alpha value is -1.29. The zero-order chi connectivity index (χ0) is 11.3. The van der Waals surface area contributed by atoms with Crippen LogP contribution in [0.15, 0.2) is 12.1 Å². The fourth-order valence-corrected chi connectivity index (χ4v) is 1.25. The third-order valence-electron chi connectivity index (χ3n) is 1.85. The molecule has 0 bridgehead atoms. The summed E-state index contributed by atoms with van der Waals surface area (Å²) >= 11 is 5.88. The third kappa shape index (κ3) is 3.09. The number of anilines is 1. The lowest BCUT2D eigenvalue weighted by Crippen LogP contribution is -2.25. The van der Waals surface area contributed by atoms with Crippen molar-refractivity contribution in [3.05, 3.63) is 22.8 Å². The highest BCUT2D eigenvalue weighted by atomic mass is 35.5. The van der Waals surface area contributed by atoms with Gasteiger partial charge in [-0.15, -0.1) is 0 Å². The molecule has 0 aliphatic rings. The lowest BCUT2D eigenvalue weighted by molar-refractivity contribution is 0.0949. The van der Waals surface area contributed by atoms with Gasteiger partial charge in [0.2, 0.25) is 0 Å². The van der Waals surface area contributed by atoms with Crippen molar-refractivity contribution in [3.63, 3.8) is 0 Å². The van der Waals surface area contributed by atoms with Crippen LogP contribution in [0.3, 0.4) is 0 Å². The zero-order valence-corrected chi connectivity index (χ0v) is 9.56. The Kier molecular flexibility index (Phi) is 4.37. The Bertz CT molecular complexity index is 355. The summed E-state index contributed by atoms with van der Waals surface area (Å²) in [6, 6.07) is 3.38. The summed E-state index contributed by atoms with van der Waals surface area (Å²) in [5.74, 6) is 0.389. The van der Waals surface area contributed by atoms with E-state index in [2.05, 4.69) is 15.6 Å². The first-order chi connectivity index (χ1) is 7.19. The van der Waals surface area contributed by atoms with E-state index in [0.717, 1.165) is 6.42 Å². The molecule has 0 atom stereocenters. The Labute approximate surface area is 94.0 Å². The highest BCUT2D eigenvalue weighted by Crippen LogP contribution is 2.16. The molecule has 0 saturated heterocycles. The lowest BCUT2D eigenvalue weighted by Gasteiger charge is -2.06. The van der Waals surface area contributed by atoms with Crippen molar-refractivity contribution in [1.29, 1.82) is 0 Å². The van der Waals surface area contributed by atoms with Gasteiger partial charge in [-0.25, -0.2) is 4.98 Å². The summed E-state index contributed by atoms with van der Waals surface area (Å²) in [5, 5.41) is 5.95. The predicted octanol–water partition coefficient (Wildman–Crippen LogP) is 1.92. The number of aromatic nitrogens is 1. The van der Waals surface area contributed by atoms with Gasteiger partial charge in [-0.1, -0.05) is 18.5 Å². The largest absolute Gasteiger partial charge is 0.373 e. The Morgan fingerprint density at radius 1 is 1.53 bits per heavy atom. The summed E-state index contributed by atoms with van der Waals surface area (Å²) in [6.07, 6.45) is 0.884. The molecule has 1 heterocycles.